The van der Waals surface area contributed by atoms with Gasteiger partial charge in [0.1, 0.15) is 10.8 Å². The number of anilines is 1. The Morgan fingerprint density at radius 1 is 1.00 bits per heavy atom. The molecule has 186 valence electrons. The maximum Gasteiger partial charge on any atom is 0.255 e. The van der Waals surface area contributed by atoms with Crippen LogP contribution in [-0.2, 0) is 13.1 Å². The van der Waals surface area contributed by atoms with Gasteiger partial charge in [0.25, 0.3) is 5.91 Å². The van der Waals surface area contributed by atoms with E-state index in [0.717, 1.165) is 46.8 Å². The lowest BCUT2D eigenvalue weighted by Gasteiger charge is -2.11. The highest BCUT2D eigenvalue weighted by Gasteiger charge is 2.13. The molecular weight excluding hydrogens is 478 g/mol. The largest absolute Gasteiger partial charge is 0.506 e. The third-order valence-corrected chi connectivity index (χ3v) is 7.60. The molecule has 0 unspecified atom stereocenters. The Balaban J connectivity index is 1.18. The lowest BCUT2D eigenvalue weighted by molar-refractivity contribution is 0.102. The first kappa shape index (κ1) is 24.7. The Hall–Kier alpha value is -4.00. The highest BCUT2D eigenvalue weighted by atomic mass is 32.1. The number of phenolic OH excluding ortho intramolecular Hbond substituents is 1. The average molecular weight is 508 g/mol. The Bertz CT molecular complexity index is 1450. The van der Waals surface area contributed by atoms with Crippen LogP contribution >= 0.6 is 11.3 Å². The summed E-state index contributed by atoms with van der Waals surface area (Å²) in [5.74, 6) is -0.230. The maximum absolute atomic E-state index is 12.8. The number of amides is 1. The van der Waals surface area contributed by atoms with Gasteiger partial charge in [-0.2, -0.15) is 0 Å². The SMILES string of the molecule is Cc1nc(C2=CC=CCC2)sc1CNCc1ccc(C(=O)Nc2cc(-c3ccccc3)ccc2O)cc1. The molecule has 0 bridgehead atoms. The summed E-state index contributed by atoms with van der Waals surface area (Å²) in [6.07, 6.45) is 8.59. The van der Waals surface area contributed by atoms with Crippen LogP contribution in [-0.4, -0.2) is 16.0 Å². The Morgan fingerprint density at radius 3 is 2.57 bits per heavy atom. The number of thiazole rings is 1. The van der Waals surface area contributed by atoms with Gasteiger partial charge in [-0.25, -0.2) is 4.98 Å². The molecular formula is C31H29N3O2S. The average Bonchev–Trinajstić information content (AvgIpc) is 3.31. The van der Waals surface area contributed by atoms with Crippen LogP contribution in [0.1, 0.15) is 44.3 Å². The second-order valence-corrected chi connectivity index (χ2v) is 10.1. The number of carbonyl (C=O) groups excluding carboxylic acids is 1. The molecule has 6 heteroatoms. The third kappa shape index (κ3) is 6.05. The van der Waals surface area contributed by atoms with E-state index < -0.39 is 0 Å². The topological polar surface area (TPSA) is 74.2 Å². The molecule has 3 N–H and O–H groups in total. The number of rotatable bonds is 8. The van der Waals surface area contributed by atoms with Crippen LogP contribution in [0.3, 0.4) is 0 Å². The minimum absolute atomic E-state index is 0.0339. The Kier molecular flexibility index (Phi) is 7.59. The van der Waals surface area contributed by atoms with E-state index in [2.05, 4.69) is 35.8 Å². The Labute approximate surface area is 221 Å². The van der Waals surface area contributed by atoms with E-state index in [9.17, 15) is 9.90 Å². The van der Waals surface area contributed by atoms with Crippen LogP contribution in [0.2, 0.25) is 0 Å². The van der Waals surface area contributed by atoms with Crippen LogP contribution in [0.4, 0.5) is 5.69 Å². The fourth-order valence-electron chi connectivity index (χ4n) is 4.25. The molecule has 4 aromatic rings. The van der Waals surface area contributed by atoms with Crippen molar-refractivity contribution in [2.45, 2.75) is 32.9 Å². The summed E-state index contributed by atoms with van der Waals surface area (Å²) < 4.78 is 0. The number of hydrogen-bond acceptors (Lipinski definition) is 5. The molecule has 0 aliphatic heterocycles. The van der Waals surface area contributed by atoms with Gasteiger partial charge in [0.05, 0.1) is 11.4 Å². The summed E-state index contributed by atoms with van der Waals surface area (Å²) in [6, 6.07) is 22.6. The molecule has 1 aromatic heterocycles. The molecule has 0 fully saturated rings. The number of allylic oxidation sites excluding steroid dienone is 4. The zero-order valence-electron chi connectivity index (χ0n) is 20.7. The fourth-order valence-corrected chi connectivity index (χ4v) is 5.33. The van der Waals surface area contributed by atoms with Crippen molar-refractivity contribution in [3.63, 3.8) is 0 Å². The first-order valence-electron chi connectivity index (χ1n) is 12.4. The van der Waals surface area contributed by atoms with Gasteiger partial charge in [-0.05, 0) is 66.3 Å². The van der Waals surface area contributed by atoms with Crippen molar-refractivity contribution >= 4 is 28.5 Å². The first-order valence-corrected chi connectivity index (χ1v) is 13.2. The van der Waals surface area contributed by atoms with Crippen LogP contribution < -0.4 is 10.6 Å². The number of phenols is 1. The van der Waals surface area contributed by atoms with E-state index in [1.165, 1.54) is 10.5 Å². The predicted molar refractivity (Wildman–Crippen MR) is 152 cm³/mol. The lowest BCUT2D eigenvalue weighted by atomic mass is 10.0. The zero-order valence-corrected chi connectivity index (χ0v) is 21.5. The maximum atomic E-state index is 12.8. The fraction of sp³-hybridized carbons (Fsp3) is 0.161. The van der Waals surface area contributed by atoms with E-state index in [1.807, 2.05) is 60.7 Å². The van der Waals surface area contributed by atoms with Gasteiger partial charge in [-0.15, -0.1) is 11.3 Å². The molecule has 0 spiro atoms. The Morgan fingerprint density at radius 2 is 1.81 bits per heavy atom. The van der Waals surface area contributed by atoms with Crippen LogP contribution in [0.25, 0.3) is 16.7 Å². The minimum Gasteiger partial charge on any atom is -0.506 e. The van der Waals surface area contributed by atoms with Gasteiger partial charge in [-0.3, -0.25) is 4.79 Å². The first-order chi connectivity index (χ1) is 18.1. The number of carbonyl (C=O) groups is 1. The van der Waals surface area contributed by atoms with Gasteiger partial charge in [0.2, 0.25) is 0 Å². The summed E-state index contributed by atoms with van der Waals surface area (Å²) in [5, 5.41) is 17.7. The molecule has 0 radical (unpaired) electrons. The van der Waals surface area contributed by atoms with Crippen molar-refractivity contribution in [3.8, 4) is 16.9 Å². The van der Waals surface area contributed by atoms with Crippen LogP contribution in [0.5, 0.6) is 5.75 Å². The summed E-state index contributed by atoms with van der Waals surface area (Å²) in [4.78, 5) is 18.9. The quantitative estimate of drug-likeness (QED) is 0.222. The number of benzene rings is 3. The molecule has 3 aromatic carbocycles. The second kappa shape index (κ2) is 11.4. The van der Waals surface area contributed by atoms with Crippen molar-refractivity contribution in [2.75, 3.05) is 5.32 Å². The molecule has 0 saturated carbocycles. The minimum atomic E-state index is -0.264. The molecule has 0 atom stereocenters. The number of aromatic nitrogens is 1. The number of aryl methyl sites for hydroxylation is 1. The summed E-state index contributed by atoms with van der Waals surface area (Å²) in [6.45, 7) is 3.52. The number of nitrogens with zero attached hydrogens (tertiary/aromatic N) is 1. The molecule has 37 heavy (non-hydrogen) atoms. The molecule has 1 aliphatic carbocycles. The smallest absolute Gasteiger partial charge is 0.255 e. The van der Waals surface area contributed by atoms with Crippen molar-refractivity contribution < 1.29 is 9.90 Å². The van der Waals surface area contributed by atoms with E-state index >= 15 is 0 Å². The highest BCUT2D eigenvalue weighted by molar-refractivity contribution is 7.12. The highest BCUT2D eigenvalue weighted by Crippen LogP contribution is 2.31. The lowest BCUT2D eigenvalue weighted by Crippen LogP contribution is -2.14. The number of aromatic hydroxyl groups is 1. The van der Waals surface area contributed by atoms with Crippen LogP contribution in [0, 0.1) is 6.92 Å². The van der Waals surface area contributed by atoms with E-state index in [-0.39, 0.29) is 11.7 Å². The summed E-state index contributed by atoms with van der Waals surface area (Å²) in [5.41, 5.74) is 6.34. The van der Waals surface area contributed by atoms with Crippen molar-refractivity contribution in [1.82, 2.24) is 10.3 Å². The molecule has 1 heterocycles. The molecule has 5 nitrogen and oxygen atoms in total. The molecule has 1 aliphatic rings. The number of nitrogens with one attached hydrogen (secondary N) is 2. The third-order valence-electron chi connectivity index (χ3n) is 6.36. The summed E-state index contributed by atoms with van der Waals surface area (Å²) >= 11 is 1.76. The molecule has 0 saturated heterocycles. The number of hydrogen-bond donors (Lipinski definition) is 3. The van der Waals surface area contributed by atoms with E-state index in [1.54, 1.807) is 23.5 Å². The van der Waals surface area contributed by atoms with Gasteiger partial charge in [0, 0.05) is 23.5 Å². The zero-order chi connectivity index (χ0) is 25.6. The van der Waals surface area contributed by atoms with E-state index in [0.29, 0.717) is 17.8 Å². The second-order valence-electron chi connectivity index (χ2n) is 9.04. The molecule has 5 rings (SSSR count). The van der Waals surface area contributed by atoms with Crippen LogP contribution in [0.15, 0.2) is 91.0 Å². The predicted octanol–water partition coefficient (Wildman–Crippen LogP) is 7.10. The molecule has 1 amide bonds. The van der Waals surface area contributed by atoms with Gasteiger partial charge >= 0.3 is 0 Å². The van der Waals surface area contributed by atoms with Gasteiger partial charge < -0.3 is 15.7 Å². The van der Waals surface area contributed by atoms with Crippen molar-refractivity contribution in [2.24, 2.45) is 0 Å². The summed E-state index contributed by atoms with van der Waals surface area (Å²) in [7, 11) is 0. The van der Waals surface area contributed by atoms with E-state index in [4.69, 9.17) is 4.98 Å². The monoisotopic (exact) mass is 507 g/mol. The van der Waals surface area contributed by atoms with Gasteiger partial charge in [-0.1, -0.05) is 66.8 Å². The van der Waals surface area contributed by atoms with Crippen molar-refractivity contribution in [1.29, 1.82) is 0 Å². The van der Waals surface area contributed by atoms with Crippen molar-refractivity contribution in [3.05, 3.63) is 118 Å². The standard InChI is InChI=1S/C31H29N3O2S/c1-21-29(37-31(33-21)25-10-6-3-7-11-25)20-32-19-22-12-14-24(15-13-22)30(36)34-27-18-26(16-17-28(27)35)23-8-4-2-5-9-23/h2-6,8-10,12-18,32,35H,7,11,19-20H2,1H3,(H,34,36). The normalized spacial score (nSPS) is 12.8. The van der Waals surface area contributed by atoms with Gasteiger partial charge in [0.15, 0.2) is 0 Å².